The second-order valence-corrected chi connectivity index (χ2v) is 4.38. The van der Waals surface area contributed by atoms with Crippen molar-refractivity contribution in [2.24, 2.45) is 5.73 Å². The number of aliphatic hydroxyl groups is 1. The summed E-state index contributed by atoms with van der Waals surface area (Å²) >= 11 is 0. The third kappa shape index (κ3) is 1.47. The van der Waals surface area contributed by atoms with Crippen LogP contribution in [-0.2, 0) is 4.74 Å². The maximum Gasteiger partial charge on any atom is 0.167 e. The summed E-state index contributed by atoms with van der Waals surface area (Å²) in [5.74, 6) is 0.305. The predicted molar refractivity (Wildman–Crippen MR) is 63.3 cm³/mol. The zero-order valence-electron chi connectivity index (χ0n) is 9.76. The van der Waals surface area contributed by atoms with Crippen LogP contribution in [0.3, 0.4) is 0 Å². The van der Waals surface area contributed by atoms with Crippen molar-refractivity contribution in [3.05, 3.63) is 12.7 Å². The number of imidazole rings is 1. The van der Waals surface area contributed by atoms with Crippen molar-refractivity contribution in [3.8, 4) is 0 Å². The van der Waals surface area contributed by atoms with Gasteiger partial charge < -0.3 is 21.3 Å². The van der Waals surface area contributed by atoms with Gasteiger partial charge in [0.2, 0.25) is 0 Å². The van der Waals surface area contributed by atoms with Gasteiger partial charge in [-0.1, -0.05) is 0 Å². The van der Waals surface area contributed by atoms with Gasteiger partial charge in [-0.15, -0.1) is 0 Å². The van der Waals surface area contributed by atoms with Crippen molar-refractivity contribution >= 4 is 17.0 Å². The monoisotopic (exact) mass is 250 g/mol. The standard InChI is InChI=1S/C10H14N6O2/c1-4-7(17)5(11)10(18-4)16-3-15-6-8(12)13-2-14-9(6)16/h2-5,7,10,17H,11H2,1H3,(H2,12,13,14)/t4-,5-,7+,10-/m1/s1. The van der Waals surface area contributed by atoms with Gasteiger partial charge in [0.15, 0.2) is 17.7 Å². The summed E-state index contributed by atoms with van der Waals surface area (Å²) in [5, 5.41) is 9.82. The van der Waals surface area contributed by atoms with Crippen LogP contribution in [0.2, 0.25) is 0 Å². The molecule has 8 nitrogen and oxygen atoms in total. The molecule has 0 amide bonds. The highest BCUT2D eigenvalue weighted by molar-refractivity contribution is 5.81. The number of anilines is 1. The van der Waals surface area contributed by atoms with Crippen LogP contribution in [0.25, 0.3) is 11.2 Å². The summed E-state index contributed by atoms with van der Waals surface area (Å²) in [6, 6.07) is -0.534. The lowest BCUT2D eigenvalue weighted by atomic mass is 10.1. The Morgan fingerprint density at radius 3 is 2.83 bits per heavy atom. The third-order valence-corrected chi connectivity index (χ3v) is 3.22. The number of nitrogen functional groups attached to an aromatic ring is 1. The van der Waals surface area contributed by atoms with E-state index >= 15 is 0 Å². The smallest absolute Gasteiger partial charge is 0.167 e. The molecule has 8 heteroatoms. The number of ether oxygens (including phenoxy) is 1. The summed E-state index contributed by atoms with van der Waals surface area (Å²) in [6.45, 7) is 1.77. The molecular weight excluding hydrogens is 236 g/mol. The lowest BCUT2D eigenvalue weighted by Gasteiger charge is -2.17. The first-order valence-electron chi connectivity index (χ1n) is 5.61. The molecular formula is C10H14N6O2. The maximum absolute atomic E-state index is 9.82. The molecule has 1 saturated heterocycles. The Morgan fingerprint density at radius 1 is 1.39 bits per heavy atom. The van der Waals surface area contributed by atoms with Gasteiger partial charge in [-0.05, 0) is 6.92 Å². The highest BCUT2D eigenvalue weighted by Crippen LogP contribution is 2.30. The second kappa shape index (κ2) is 3.87. The molecule has 0 radical (unpaired) electrons. The molecule has 96 valence electrons. The molecule has 0 bridgehead atoms. The average Bonchev–Trinajstić information content (AvgIpc) is 2.88. The fraction of sp³-hybridized carbons (Fsp3) is 0.500. The SMILES string of the molecule is C[C@H]1O[C@@H](n2cnc3c(N)ncnc32)[C@H](N)[C@H]1O. The molecule has 2 aromatic heterocycles. The molecule has 1 aliphatic heterocycles. The van der Waals surface area contributed by atoms with Crippen LogP contribution in [0, 0.1) is 0 Å². The lowest BCUT2D eigenvalue weighted by molar-refractivity contribution is -0.00749. The number of fused-ring (bicyclic) bond motifs is 1. The second-order valence-electron chi connectivity index (χ2n) is 4.38. The Bertz CT molecular complexity index is 585. The number of nitrogens with zero attached hydrogens (tertiary/aromatic N) is 4. The number of aromatic nitrogens is 4. The first-order chi connectivity index (χ1) is 8.59. The Hall–Kier alpha value is -1.77. The van der Waals surface area contributed by atoms with Gasteiger partial charge in [-0.25, -0.2) is 15.0 Å². The Kier molecular flexibility index (Phi) is 2.44. The van der Waals surface area contributed by atoms with Crippen molar-refractivity contribution in [1.82, 2.24) is 19.5 Å². The highest BCUT2D eigenvalue weighted by atomic mass is 16.5. The average molecular weight is 250 g/mol. The van der Waals surface area contributed by atoms with Gasteiger partial charge in [0.05, 0.1) is 24.6 Å². The molecule has 1 fully saturated rings. The number of nitrogens with two attached hydrogens (primary N) is 2. The van der Waals surface area contributed by atoms with Crippen LogP contribution in [0.15, 0.2) is 12.7 Å². The highest BCUT2D eigenvalue weighted by Gasteiger charge is 2.40. The van der Waals surface area contributed by atoms with Crippen LogP contribution in [-0.4, -0.2) is 42.9 Å². The van der Waals surface area contributed by atoms with Gasteiger partial charge in [-0.2, -0.15) is 0 Å². The lowest BCUT2D eigenvalue weighted by Crippen LogP contribution is -2.38. The molecule has 1 aliphatic rings. The van der Waals surface area contributed by atoms with Gasteiger partial charge in [-0.3, -0.25) is 4.57 Å². The molecule has 0 unspecified atom stereocenters. The zero-order chi connectivity index (χ0) is 12.9. The third-order valence-electron chi connectivity index (χ3n) is 3.22. The van der Waals surface area contributed by atoms with Crippen molar-refractivity contribution in [2.75, 3.05) is 5.73 Å². The normalized spacial score (nSPS) is 32.2. The molecule has 4 atom stereocenters. The van der Waals surface area contributed by atoms with Crippen LogP contribution in [0.5, 0.6) is 0 Å². The fourth-order valence-electron chi connectivity index (χ4n) is 2.18. The predicted octanol–water partition coefficient (Wildman–Crippen LogP) is -0.986. The van der Waals surface area contributed by atoms with E-state index in [0.29, 0.717) is 17.0 Å². The van der Waals surface area contributed by atoms with E-state index in [4.69, 9.17) is 16.2 Å². The van der Waals surface area contributed by atoms with Gasteiger partial charge in [0.1, 0.15) is 11.8 Å². The van der Waals surface area contributed by atoms with E-state index in [9.17, 15) is 5.11 Å². The van der Waals surface area contributed by atoms with Crippen molar-refractivity contribution in [3.63, 3.8) is 0 Å². The van der Waals surface area contributed by atoms with Crippen molar-refractivity contribution < 1.29 is 9.84 Å². The van der Waals surface area contributed by atoms with Crippen LogP contribution in [0.1, 0.15) is 13.2 Å². The molecule has 0 spiro atoms. The molecule has 0 aromatic carbocycles. The van der Waals surface area contributed by atoms with Crippen LogP contribution < -0.4 is 11.5 Å². The molecule has 3 heterocycles. The quantitative estimate of drug-likeness (QED) is 0.593. The minimum absolute atomic E-state index is 0.305. The first-order valence-corrected chi connectivity index (χ1v) is 5.61. The fourth-order valence-corrected chi connectivity index (χ4v) is 2.18. The van der Waals surface area contributed by atoms with E-state index in [0.717, 1.165) is 0 Å². The minimum atomic E-state index is -0.716. The number of rotatable bonds is 1. The molecule has 0 aliphatic carbocycles. The Labute approximate surface area is 103 Å². The van der Waals surface area contributed by atoms with E-state index in [1.807, 2.05) is 0 Å². The van der Waals surface area contributed by atoms with Gasteiger partial charge in [0.25, 0.3) is 0 Å². The minimum Gasteiger partial charge on any atom is -0.389 e. The summed E-state index contributed by atoms with van der Waals surface area (Å²) in [6.07, 6.45) is 1.35. The number of hydrogen-bond acceptors (Lipinski definition) is 7. The van der Waals surface area contributed by atoms with E-state index < -0.39 is 18.4 Å². The van der Waals surface area contributed by atoms with E-state index in [-0.39, 0.29) is 6.10 Å². The van der Waals surface area contributed by atoms with E-state index in [1.165, 1.54) is 6.33 Å². The van der Waals surface area contributed by atoms with Crippen molar-refractivity contribution in [1.29, 1.82) is 0 Å². The summed E-state index contributed by atoms with van der Waals surface area (Å²) < 4.78 is 7.30. The molecule has 0 saturated carbocycles. The topological polar surface area (TPSA) is 125 Å². The molecule has 5 N–H and O–H groups in total. The summed E-state index contributed by atoms with van der Waals surface area (Å²) in [5.41, 5.74) is 12.7. The molecule has 3 rings (SSSR count). The Morgan fingerprint density at radius 2 is 2.17 bits per heavy atom. The van der Waals surface area contributed by atoms with Crippen LogP contribution >= 0.6 is 0 Å². The zero-order valence-corrected chi connectivity index (χ0v) is 9.76. The van der Waals surface area contributed by atoms with E-state index in [2.05, 4.69) is 15.0 Å². The van der Waals surface area contributed by atoms with Gasteiger partial charge >= 0.3 is 0 Å². The van der Waals surface area contributed by atoms with Crippen LogP contribution in [0.4, 0.5) is 5.82 Å². The summed E-state index contributed by atoms with van der Waals surface area (Å²) in [7, 11) is 0. The van der Waals surface area contributed by atoms with Gasteiger partial charge in [0, 0.05) is 0 Å². The molecule has 2 aromatic rings. The largest absolute Gasteiger partial charge is 0.389 e. The Balaban J connectivity index is 2.08. The maximum atomic E-state index is 9.82. The van der Waals surface area contributed by atoms with E-state index in [1.54, 1.807) is 17.8 Å². The number of hydrogen-bond donors (Lipinski definition) is 3. The number of aliphatic hydroxyl groups excluding tert-OH is 1. The molecule has 18 heavy (non-hydrogen) atoms. The first kappa shape index (κ1) is 11.3. The van der Waals surface area contributed by atoms with Crippen molar-refractivity contribution in [2.45, 2.75) is 31.4 Å². The summed E-state index contributed by atoms with van der Waals surface area (Å²) in [4.78, 5) is 12.1.